The van der Waals surface area contributed by atoms with Gasteiger partial charge in [-0.25, -0.2) is 0 Å². The molecular weight excluding hydrogens is 372 g/mol. The predicted octanol–water partition coefficient (Wildman–Crippen LogP) is 4.76. The lowest BCUT2D eigenvalue weighted by Crippen LogP contribution is -2.03. The van der Waals surface area contributed by atoms with Crippen molar-refractivity contribution in [1.29, 1.82) is 5.26 Å². The molecule has 0 fully saturated rings. The van der Waals surface area contributed by atoms with Crippen molar-refractivity contribution >= 4 is 38.6 Å². The van der Waals surface area contributed by atoms with Gasteiger partial charge in [0.2, 0.25) is 0 Å². The average molecular weight is 386 g/mol. The van der Waals surface area contributed by atoms with Crippen molar-refractivity contribution in [2.75, 3.05) is 14.1 Å². The number of nitrogens with one attached hydrogen (secondary N) is 1. The van der Waals surface area contributed by atoms with Gasteiger partial charge in [0, 0.05) is 52.7 Å². The summed E-state index contributed by atoms with van der Waals surface area (Å²) in [4.78, 5) is 5.53. The van der Waals surface area contributed by atoms with Crippen LogP contribution in [0.25, 0.3) is 10.9 Å². The van der Waals surface area contributed by atoms with Crippen molar-refractivity contribution in [2.24, 2.45) is 0 Å². The number of nitriles is 1. The molecule has 116 valence electrons. The fourth-order valence-corrected chi connectivity index (χ4v) is 3.29. The molecule has 1 heterocycles. The van der Waals surface area contributed by atoms with E-state index in [2.05, 4.69) is 27.0 Å². The van der Waals surface area contributed by atoms with Crippen LogP contribution in [0, 0.1) is 11.3 Å². The Balaban J connectivity index is 2.33. The summed E-state index contributed by atoms with van der Waals surface area (Å²) in [5.41, 5.74) is 2.34. The zero-order valence-corrected chi connectivity index (χ0v) is 14.4. The molecule has 0 radical (unpaired) electrons. The largest absolute Gasteiger partial charge is 0.383 e. The van der Waals surface area contributed by atoms with Crippen molar-refractivity contribution in [3.8, 4) is 6.07 Å². The van der Waals surface area contributed by atoms with Gasteiger partial charge in [0.25, 0.3) is 5.76 Å². The van der Waals surface area contributed by atoms with E-state index >= 15 is 0 Å². The SMILES string of the molecule is CN(C)/C=C(\C#N)Cc1cc2cc(SC(F)F)c(Br)cc2[nH]1. The Morgan fingerprint density at radius 1 is 1.45 bits per heavy atom. The monoisotopic (exact) mass is 385 g/mol. The molecule has 2 aromatic rings. The van der Waals surface area contributed by atoms with Crippen molar-refractivity contribution in [2.45, 2.75) is 17.1 Å². The highest BCUT2D eigenvalue weighted by Crippen LogP contribution is 2.35. The molecule has 1 aromatic heterocycles. The zero-order valence-electron chi connectivity index (χ0n) is 12.0. The number of fused-ring (bicyclic) bond motifs is 1. The first kappa shape index (κ1) is 16.8. The van der Waals surface area contributed by atoms with Crippen LogP contribution in [-0.4, -0.2) is 29.7 Å². The van der Waals surface area contributed by atoms with Gasteiger partial charge in [0.05, 0.1) is 11.6 Å². The predicted molar refractivity (Wildman–Crippen MR) is 88.9 cm³/mol. The normalized spacial score (nSPS) is 12.0. The lowest BCUT2D eigenvalue weighted by atomic mass is 10.1. The molecule has 0 saturated carbocycles. The molecule has 7 heteroatoms. The van der Waals surface area contributed by atoms with E-state index in [1.807, 2.05) is 25.1 Å². The van der Waals surface area contributed by atoms with Crippen molar-refractivity contribution < 1.29 is 8.78 Å². The van der Waals surface area contributed by atoms with E-state index in [-0.39, 0.29) is 0 Å². The van der Waals surface area contributed by atoms with E-state index in [0.717, 1.165) is 16.6 Å². The summed E-state index contributed by atoms with van der Waals surface area (Å²) >= 11 is 3.82. The number of halogens is 3. The van der Waals surface area contributed by atoms with E-state index in [1.165, 1.54) is 0 Å². The Morgan fingerprint density at radius 2 is 2.18 bits per heavy atom. The molecule has 0 spiro atoms. The molecule has 0 amide bonds. The van der Waals surface area contributed by atoms with Crippen LogP contribution in [0.4, 0.5) is 8.78 Å². The number of aromatic nitrogens is 1. The lowest BCUT2D eigenvalue weighted by molar-refractivity contribution is 0.252. The van der Waals surface area contributed by atoms with Gasteiger partial charge < -0.3 is 9.88 Å². The Morgan fingerprint density at radius 3 is 2.77 bits per heavy atom. The molecular formula is C15H14BrF2N3S. The molecule has 0 saturated heterocycles. The number of H-pyrrole nitrogens is 1. The maximum absolute atomic E-state index is 12.5. The van der Waals surface area contributed by atoms with Crippen LogP contribution in [0.5, 0.6) is 0 Å². The number of hydrogen-bond donors (Lipinski definition) is 1. The third kappa shape index (κ3) is 4.24. The number of hydrogen-bond acceptors (Lipinski definition) is 3. The van der Waals surface area contributed by atoms with Crippen LogP contribution in [0.3, 0.4) is 0 Å². The number of allylic oxidation sites excluding steroid dienone is 1. The summed E-state index contributed by atoms with van der Waals surface area (Å²) in [6.07, 6.45) is 2.23. The molecule has 0 bridgehead atoms. The highest BCUT2D eigenvalue weighted by molar-refractivity contribution is 9.10. The van der Waals surface area contributed by atoms with Gasteiger partial charge in [0.1, 0.15) is 0 Å². The molecule has 3 nitrogen and oxygen atoms in total. The number of nitrogens with zero attached hydrogens (tertiary/aromatic N) is 2. The smallest absolute Gasteiger partial charge is 0.288 e. The van der Waals surface area contributed by atoms with Crippen LogP contribution in [0.1, 0.15) is 5.69 Å². The number of benzene rings is 1. The van der Waals surface area contributed by atoms with Crippen LogP contribution in [0.2, 0.25) is 0 Å². The van der Waals surface area contributed by atoms with Crippen molar-refractivity contribution in [3.63, 3.8) is 0 Å². The number of aromatic amines is 1. The third-order valence-electron chi connectivity index (χ3n) is 2.88. The molecule has 22 heavy (non-hydrogen) atoms. The Labute approximate surface area is 140 Å². The highest BCUT2D eigenvalue weighted by atomic mass is 79.9. The Kier molecular flexibility index (Phi) is 5.48. The molecule has 0 atom stereocenters. The van der Waals surface area contributed by atoms with Gasteiger partial charge in [-0.05, 0) is 34.1 Å². The number of thioether (sulfide) groups is 1. The lowest BCUT2D eigenvalue weighted by Gasteiger charge is -2.05. The van der Waals surface area contributed by atoms with E-state index in [9.17, 15) is 8.78 Å². The fraction of sp³-hybridized carbons (Fsp3) is 0.267. The minimum atomic E-state index is -2.46. The Hall–Kier alpha value is -1.52. The molecule has 1 aromatic carbocycles. The van der Waals surface area contributed by atoms with E-state index in [1.54, 1.807) is 18.3 Å². The quantitative estimate of drug-likeness (QED) is 0.595. The maximum Gasteiger partial charge on any atom is 0.288 e. The van der Waals surface area contributed by atoms with Crippen LogP contribution >= 0.6 is 27.7 Å². The number of alkyl halides is 2. The van der Waals surface area contributed by atoms with Crippen LogP contribution in [0.15, 0.2) is 39.3 Å². The standard InChI is InChI=1S/C15H14BrF2N3S/c1-21(2)8-9(7-19)3-11-4-10-5-14(22-15(17)18)12(16)6-13(10)20-11/h4-6,8,15,20H,3H2,1-2H3/b9-8-. The summed E-state index contributed by atoms with van der Waals surface area (Å²) < 4.78 is 25.7. The van der Waals surface area contributed by atoms with Crippen LogP contribution < -0.4 is 0 Å². The van der Waals surface area contributed by atoms with Gasteiger partial charge in [-0.1, -0.05) is 11.8 Å². The highest BCUT2D eigenvalue weighted by Gasteiger charge is 2.12. The maximum atomic E-state index is 12.5. The molecule has 1 N–H and O–H groups in total. The summed E-state index contributed by atoms with van der Waals surface area (Å²) in [5, 5.41) is 10.00. The topological polar surface area (TPSA) is 42.8 Å². The van der Waals surface area contributed by atoms with E-state index in [4.69, 9.17) is 5.26 Å². The van der Waals surface area contributed by atoms with Gasteiger partial charge >= 0.3 is 0 Å². The first-order chi connectivity index (χ1) is 10.4. The summed E-state index contributed by atoms with van der Waals surface area (Å²) in [6.45, 7) is 0. The fourth-order valence-electron chi connectivity index (χ4n) is 2.11. The molecule has 2 rings (SSSR count). The van der Waals surface area contributed by atoms with Crippen LogP contribution in [-0.2, 0) is 6.42 Å². The Bertz CT molecular complexity index is 747. The second-order valence-electron chi connectivity index (χ2n) is 4.95. The van der Waals surface area contributed by atoms with Gasteiger partial charge in [-0.2, -0.15) is 14.0 Å². The summed E-state index contributed by atoms with van der Waals surface area (Å²) in [6, 6.07) is 7.55. The zero-order chi connectivity index (χ0) is 16.3. The molecule has 0 aliphatic carbocycles. The minimum Gasteiger partial charge on any atom is -0.383 e. The van der Waals surface area contributed by atoms with E-state index < -0.39 is 5.76 Å². The second kappa shape index (κ2) is 7.16. The summed E-state index contributed by atoms with van der Waals surface area (Å²) in [5.74, 6) is -2.46. The minimum absolute atomic E-state index is 0.471. The van der Waals surface area contributed by atoms with E-state index in [0.29, 0.717) is 33.1 Å². The van der Waals surface area contributed by atoms with Gasteiger partial charge in [-0.15, -0.1) is 0 Å². The molecule has 0 aliphatic rings. The summed E-state index contributed by atoms with van der Waals surface area (Å²) in [7, 11) is 3.71. The molecule has 0 aliphatic heterocycles. The van der Waals surface area contributed by atoms with Gasteiger partial charge in [0.15, 0.2) is 0 Å². The van der Waals surface area contributed by atoms with Crippen molar-refractivity contribution in [3.05, 3.63) is 40.1 Å². The molecule has 0 unspecified atom stereocenters. The first-order valence-corrected chi connectivity index (χ1v) is 8.09. The first-order valence-electron chi connectivity index (χ1n) is 6.42. The average Bonchev–Trinajstić information content (AvgIpc) is 2.78. The number of rotatable bonds is 5. The van der Waals surface area contributed by atoms with Gasteiger partial charge in [-0.3, -0.25) is 0 Å². The third-order valence-corrected chi connectivity index (χ3v) is 4.57. The second-order valence-corrected chi connectivity index (χ2v) is 6.84. The van der Waals surface area contributed by atoms with Crippen molar-refractivity contribution in [1.82, 2.24) is 9.88 Å².